The summed E-state index contributed by atoms with van der Waals surface area (Å²) in [5, 5.41) is 10.2. The quantitative estimate of drug-likeness (QED) is 0.534. The van der Waals surface area contributed by atoms with Crippen LogP contribution in [-0.4, -0.2) is 37.5 Å². The number of benzene rings is 1. The number of hydrogen-bond donors (Lipinski definition) is 3. The molecule has 0 radical (unpaired) electrons. The summed E-state index contributed by atoms with van der Waals surface area (Å²) in [6.07, 6.45) is 7.71. The predicted octanol–water partition coefficient (Wildman–Crippen LogP) is 2.79. The molecule has 3 N–H and O–H groups in total. The number of nitrogens with one attached hydrogen (secondary N) is 3. The minimum absolute atomic E-state index is 0.154. The molecule has 5 heteroatoms. The number of carbonyl (C=O) groups excluding carboxylic acids is 1. The van der Waals surface area contributed by atoms with E-state index in [0.717, 1.165) is 51.0 Å². The van der Waals surface area contributed by atoms with Crippen LogP contribution in [0, 0.1) is 11.8 Å². The molecule has 1 aromatic carbocycles. The first-order valence-corrected chi connectivity index (χ1v) is 10.6. The van der Waals surface area contributed by atoms with Gasteiger partial charge in [0.1, 0.15) is 0 Å². The zero-order valence-electron chi connectivity index (χ0n) is 16.3. The Morgan fingerprint density at radius 1 is 1.04 bits per heavy atom. The summed E-state index contributed by atoms with van der Waals surface area (Å²) in [6, 6.07) is 11.6. The van der Waals surface area contributed by atoms with Crippen molar-refractivity contribution < 1.29 is 4.79 Å². The second-order valence-corrected chi connectivity index (χ2v) is 8.45. The Labute approximate surface area is 162 Å². The summed E-state index contributed by atoms with van der Waals surface area (Å²) in [6.45, 7) is 0.956. The Bertz CT molecular complexity index is 670. The van der Waals surface area contributed by atoms with Crippen molar-refractivity contribution in [3.63, 3.8) is 0 Å². The SMILES string of the molecule is CN=C(NCC1CC1c1ccccc1)NC1CCCC(C(=O)NC2CC2)C1. The van der Waals surface area contributed by atoms with Crippen LogP contribution in [0.5, 0.6) is 0 Å². The highest BCUT2D eigenvalue weighted by atomic mass is 16.2. The number of nitrogens with zero attached hydrogens (tertiary/aromatic N) is 1. The lowest BCUT2D eigenvalue weighted by Gasteiger charge is -2.30. The molecule has 0 heterocycles. The van der Waals surface area contributed by atoms with Crippen molar-refractivity contribution in [3.8, 4) is 0 Å². The number of guanidine groups is 1. The Hall–Kier alpha value is -2.04. The van der Waals surface area contributed by atoms with Gasteiger partial charge in [-0.15, -0.1) is 0 Å². The van der Waals surface area contributed by atoms with Gasteiger partial charge in [0.2, 0.25) is 5.91 Å². The Morgan fingerprint density at radius 3 is 2.59 bits per heavy atom. The summed E-state index contributed by atoms with van der Waals surface area (Å²) in [4.78, 5) is 16.8. The van der Waals surface area contributed by atoms with Crippen LogP contribution in [0.3, 0.4) is 0 Å². The van der Waals surface area contributed by atoms with Crippen molar-refractivity contribution in [2.24, 2.45) is 16.8 Å². The lowest BCUT2D eigenvalue weighted by molar-refractivity contribution is -0.126. The van der Waals surface area contributed by atoms with E-state index in [4.69, 9.17) is 0 Å². The summed E-state index contributed by atoms with van der Waals surface area (Å²) < 4.78 is 0. The third-order valence-corrected chi connectivity index (χ3v) is 6.22. The van der Waals surface area contributed by atoms with Gasteiger partial charge in [-0.2, -0.15) is 0 Å². The zero-order valence-corrected chi connectivity index (χ0v) is 16.3. The number of aliphatic imine (C=N–C) groups is 1. The van der Waals surface area contributed by atoms with E-state index in [9.17, 15) is 4.79 Å². The monoisotopic (exact) mass is 368 g/mol. The summed E-state index contributed by atoms with van der Waals surface area (Å²) in [5.41, 5.74) is 1.45. The molecule has 0 saturated heterocycles. The maximum atomic E-state index is 12.4. The highest BCUT2D eigenvalue weighted by Crippen LogP contribution is 2.46. The fourth-order valence-electron chi connectivity index (χ4n) is 4.30. The number of hydrogen-bond acceptors (Lipinski definition) is 2. The largest absolute Gasteiger partial charge is 0.356 e. The van der Waals surface area contributed by atoms with Gasteiger partial charge in [-0.1, -0.05) is 36.8 Å². The molecule has 4 unspecified atom stereocenters. The molecule has 3 fully saturated rings. The molecule has 0 spiro atoms. The van der Waals surface area contributed by atoms with Gasteiger partial charge < -0.3 is 16.0 Å². The Morgan fingerprint density at radius 2 is 1.85 bits per heavy atom. The van der Waals surface area contributed by atoms with Gasteiger partial charge in [0.15, 0.2) is 5.96 Å². The smallest absolute Gasteiger partial charge is 0.223 e. The molecular formula is C22H32N4O. The van der Waals surface area contributed by atoms with Crippen LogP contribution in [0.4, 0.5) is 0 Å². The molecule has 3 saturated carbocycles. The first kappa shape index (κ1) is 18.3. The molecule has 0 bridgehead atoms. The third kappa shape index (κ3) is 5.02. The molecule has 5 nitrogen and oxygen atoms in total. The normalized spacial score (nSPS) is 30.5. The van der Waals surface area contributed by atoms with Crippen molar-refractivity contribution in [2.45, 2.75) is 62.9 Å². The second-order valence-electron chi connectivity index (χ2n) is 8.45. The van der Waals surface area contributed by atoms with Crippen LogP contribution in [0.2, 0.25) is 0 Å². The average molecular weight is 369 g/mol. The van der Waals surface area contributed by atoms with E-state index in [1.54, 1.807) is 0 Å². The number of amides is 1. The Balaban J connectivity index is 1.21. The molecule has 27 heavy (non-hydrogen) atoms. The number of rotatable bonds is 6. The molecule has 0 aromatic heterocycles. The lowest BCUT2D eigenvalue weighted by atomic mass is 9.85. The summed E-state index contributed by atoms with van der Waals surface area (Å²) in [7, 11) is 1.83. The van der Waals surface area contributed by atoms with Gasteiger partial charge in [-0.3, -0.25) is 9.79 Å². The van der Waals surface area contributed by atoms with Crippen LogP contribution >= 0.6 is 0 Å². The Kier molecular flexibility index (Phi) is 5.65. The topological polar surface area (TPSA) is 65.5 Å². The van der Waals surface area contributed by atoms with E-state index in [2.05, 4.69) is 51.3 Å². The van der Waals surface area contributed by atoms with Crippen LogP contribution < -0.4 is 16.0 Å². The maximum Gasteiger partial charge on any atom is 0.223 e. The van der Waals surface area contributed by atoms with Crippen LogP contribution in [0.25, 0.3) is 0 Å². The minimum atomic E-state index is 0.154. The molecule has 4 rings (SSSR count). The van der Waals surface area contributed by atoms with Crippen molar-refractivity contribution in [1.29, 1.82) is 0 Å². The van der Waals surface area contributed by atoms with Crippen LogP contribution in [0.15, 0.2) is 35.3 Å². The minimum Gasteiger partial charge on any atom is -0.356 e. The number of carbonyl (C=O) groups is 1. The molecule has 4 atom stereocenters. The molecule has 1 aromatic rings. The lowest BCUT2D eigenvalue weighted by Crippen LogP contribution is -2.47. The predicted molar refractivity (Wildman–Crippen MR) is 109 cm³/mol. The molecule has 0 aliphatic heterocycles. The van der Waals surface area contributed by atoms with Gasteiger partial charge in [0.05, 0.1) is 0 Å². The summed E-state index contributed by atoms with van der Waals surface area (Å²) >= 11 is 0. The molecule has 146 valence electrons. The van der Waals surface area contributed by atoms with Gasteiger partial charge in [-0.05, 0) is 55.9 Å². The standard InChI is InChI=1S/C22H32N4O/c1-23-22(24-14-17-13-20(17)15-6-3-2-4-7-15)26-19-9-5-8-16(12-19)21(27)25-18-10-11-18/h2-4,6-7,16-20H,5,8-14H2,1H3,(H,25,27)(H2,23,24,26). The first-order valence-electron chi connectivity index (χ1n) is 10.6. The zero-order chi connectivity index (χ0) is 18.6. The third-order valence-electron chi connectivity index (χ3n) is 6.22. The molecule has 3 aliphatic rings. The van der Waals surface area contributed by atoms with Crippen molar-refractivity contribution in [2.75, 3.05) is 13.6 Å². The van der Waals surface area contributed by atoms with Gasteiger partial charge in [0, 0.05) is 31.6 Å². The summed E-state index contributed by atoms with van der Waals surface area (Å²) in [5.74, 6) is 2.66. The maximum absolute atomic E-state index is 12.4. The van der Waals surface area contributed by atoms with Crippen molar-refractivity contribution >= 4 is 11.9 Å². The van der Waals surface area contributed by atoms with E-state index in [1.165, 1.54) is 12.0 Å². The second kappa shape index (κ2) is 8.32. The molecular weight excluding hydrogens is 336 g/mol. The highest BCUT2D eigenvalue weighted by Gasteiger charge is 2.38. The van der Waals surface area contributed by atoms with Crippen molar-refractivity contribution in [3.05, 3.63) is 35.9 Å². The van der Waals surface area contributed by atoms with E-state index >= 15 is 0 Å². The molecule has 3 aliphatic carbocycles. The molecule has 1 amide bonds. The van der Waals surface area contributed by atoms with E-state index in [1.807, 2.05) is 7.05 Å². The van der Waals surface area contributed by atoms with E-state index in [0.29, 0.717) is 23.9 Å². The van der Waals surface area contributed by atoms with Gasteiger partial charge >= 0.3 is 0 Å². The van der Waals surface area contributed by atoms with Crippen molar-refractivity contribution in [1.82, 2.24) is 16.0 Å². The highest BCUT2D eigenvalue weighted by molar-refractivity contribution is 5.81. The van der Waals surface area contributed by atoms with Gasteiger partial charge in [-0.25, -0.2) is 0 Å². The fraction of sp³-hybridized carbons (Fsp3) is 0.636. The van der Waals surface area contributed by atoms with Gasteiger partial charge in [0.25, 0.3) is 0 Å². The van der Waals surface area contributed by atoms with Crippen LogP contribution in [-0.2, 0) is 4.79 Å². The fourth-order valence-corrected chi connectivity index (χ4v) is 4.30. The first-order chi connectivity index (χ1) is 13.2. The van der Waals surface area contributed by atoms with Crippen LogP contribution in [0.1, 0.15) is 56.4 Å². The average Bonchev–Trinajstić information content (AvgIpc) is 3.62. The van der Waals surface area contributed by atoms with E-state index < -0.39 is 0 Å². The van der Waals surface area contributed by atoms with E-state index in [-0.39, 0.29) is 11.8 Å².